The first-order chi connectivity index (χ1) is 18.7. The number of pyridine rings is 1. The van der Waals surface area contributed by atoms with E-state index in [4.69, 9.17) is 12.1 Å². The quantitative estimate of drug-likeness (QED) is 0.226. The number of aromatic nitrogens is 1. The van der Waals surface area contributed by atoms with Gasteiger partial charge in [-0.15, -0.1) is 11.3 Å². The average molecular weight is 500 g/mol. The van der Waals surface area contributed by atoms with Crippen LogP contribution in [0.5, 0.6) is 0 Å². The van der Waals surface area contributed by atoms with Crippen molar-refractivity contribution in [3.05, 3.63) is 102 Å². The molecule has 4 aromatic carbocycles. The van der Waals surface area contributed by atoms with Crippen molar-refractivity contribution in [2.75, 3.05) is 0 Å². The van der Waals surface area contributed by atoms with E-state index in [-0.39, 0.29) is 0 Å². The predicted octanol–water partition coefficient (Wildman–Crippen LogP) is 10.3. The Balaban J connectivity index is 1.36. The molecule has 37 heavy (non-hydrogen) atoms. The molecule has 2 nitrogen and oxygen atoms in total. The van der Waals surface area contributed by atoms with Gasteiger partial charge < -0.3 is 4.42 Å². The standard InChI is InChI=1S/C34H27NOS/c1-34(2,3)20-24-13-14-32(37-24)23-15-16-35-30(18-23)27-10-6-9-26-29-17-22-12-11-21-7-4-5-8-25(21)28(22)19-31(29)36-33(26)27/h4-19H,20H2,1-3H3/i20D2. The van der Waals surface area contributed by atoms with Gasteiger partial charge in [-0.05, 0) is 81.4 Å². The molecular formula is C34H27NOS. The number of hydrogen-bond acceptors (Lipinski definition) is 3. The van der Waals surface area contributed by atoms with Gasteiger partial charge in [0.2, 0.25) is 0 Å². The monoisotopic (exact) mass is 499 g/mol. The molecule has 0 bridgehead atoms. The lowest BCUT2D eigenvalue weighted by atomic mass is 9.92. The zero-order chi connectivity index (χ0) is 26.9. The second-order valence-electron chi connectivity index (χ2n) is 10.6. The van der Waals surface area contributed by atoms with Crippen LogP contribution in [0.2, 0.25) is 0 Å². The fraction of sp³-hybridized carbons (Fsp3) is 0.147. The lowest BCUT2D eigenvalue weighted by molar-refractivity contribution is 0.414. The van der Waals surface area contributed by atoms with Crippen LogP contribution in [0.25, 0.3) is 65.2 Å². The molecule has 0 aliphatic carbocycles. The van der Waals surface area contributed by atoms with Gasteiger partial charge in [0, 0.05) is 35.0 Å². The van der Waals surface area contributed by atoms with E-state index < -0.39 is 11.8 Å². The number of hydrogen-bond donors (Lipinski definition) is 0. The summed E-state index contributed by atoms with van der Waals surface area (Å²) in [6.45, 7) is 5.82. The minimum Gasteiger partial charge on any atom is -0.455 e. The van der Waals surface area contributed by atoms with E-state index >= 15 is 0 Å². The van der Waals surface area contributed by atoms with Crippen LogP contribution in [-0.2, 0) is 6.37 Å². The zero-order valence-corrected chi connectivity index (χ0v) is 21.8. The molecule has 0 unspecified atom stereocenters. The van der Waals surface area contributed by atoms with Crippen LogP contribution >= 0.6 is 11.3 Å². The number of fused-ring (bicyclic) bond motifs is 6. The smallest absolute Gasteiger partial charge is 0.144 e. The first-order valence-electron chi connectivity index (χ1n) is 13.5. The minimum atomic E-state index is -1.42. The van der Waals surface area contributed by atoms with Crippen LogP contribution in [0.1, 0.15) is 28.4 Å². The van der Waals surface area contributed by atoms with Gasteiger partial charge in [-0.1, -0.05) is 69.3 Å². The molecule has 0 fully saturated rings. The molecule has 0 N–H and O–H groups in total. The Kier molecular flexibility index (Phi) is 4.51. The third-order valence-corrected chi connectivity index (χ3v) is 7.84. The van der Waals surface area contributed by atoms with Gasteiger partial charge in [0.1, 0.15) is 11.2 Å². The largest absolute Gasteiger partial charge is 0.455 e. The minimum absolute atomic E-state index is 0.493. The molecule has 7 aromatic rings. The van der Waals surface area contributed by atoms with Crippen molar-refractivity contribution >= 4 is 54.8 Å². The molecule has 0 radical (unpaired) electrons. The molecule has 3 heterocycles. The van der Waals surface area contributed by atoms with Crippen LogP contribution in [-0.4, -0.2) is 4.98 Å². The van der Waals surface area contributed by atoms with E-state index in [1.54, 1.807) is 0 Å². The Morgan fingerprint density at radius 1 is 0.784 bits per heavy atom. The third kappa shape index (κ3) is 3.91. The summed E-state index contributed by atoms with van der Waals surface area (Å²) in [6, 6.07) is 31.4. The summed E-state index contributed by atoms with van der Waals surface area (Å²) in [5, 5.41) is 6.98. The molecule has 0 saturated heterocycles. The molecule has 3 aromatic heterocycles. The Morgan fingerprint density at radius 3 is 2.51 bits per heavy atom. The van der Waals surface area contributed by atoms with Crippen molar-refractivity contribution < 1.29 is 7.16 Å². The summed E-state index contributed by atoms with van der Waals surface area (Å²) >= 11 is 1.51. The highest BCUT2D eigenvalue weighted by atomic mass is 32.1. The molecule has 3 heteroatoms. The van der Waals surface area contributed by atoms with Crippen LogP contribution in [0.3, 0.4) is 0 Å². The molecule has 7 rings (SSSR count). The van der Waals surface area contributed by atoms with Gasteiger partial charge in [0.05, 0.1) is 5.69 Å². The summed E-state index contributed by atoms with van der Waals surface area (Å²) in [7, 11) is 0. The lowest BCUT2D eigenvalue weighted by Gasteiger charge is -2.16. The molecule has 0 saturated carbocycles. The first kappa shape index (κ1) is 20.1. The number of para-hydroxylation sites is 1. The highest BCUT2D eigenvalue weighted by Crippen LogP contribution is 2.39. The third-order valence-electron chi connectivity index (χ3n) is 6.79. The number of thiophene rings is 1. The fourth-order valence-corrected chi connectivity index (χ4v) is 6.27. The van der Waals surface area contributed by atoms with Gasteiger partial charge in [-0.3, -0.25) is 4.98 Å². The van der Waals surface area contributed by atoms with E-state index in [0.29, 0.717) is 0 Å². The topological polar surface area (TPSA) is 26.0 Å². The Morgan fingerprint density at radius 2 is 1.62 bits per heavy atom. The summed E-state index contributed by atoms with van der Waals surface area (Å²) in [5.74, 6) is 0. The average Bonchev–Trinajstić information content (AvgIpc) is 3.57. The van der Waals surface area contributed by atoms with E-state index in [0.717, 1.165) is 48.5 Å². The van der Waals surface area contributed by atoms with Gasteiger partial charge in [0.15, 0.2) is 0 Å². The van der Waals surface area contributed by atoms with E-state index in [1.165, 1.54) is 32.9 Å². The fourth-order valence-electron chi connectivity index (χ4n) is 5.16. The Labute approximate surface area is 223 Å². The number of benzene rings is 4. The Bertz CT molecular complexity index is 2040. The zero-order valence-electron chi connectivity index (χ0n) is 23.0. The second-order valence-corrected chi connectivity index (χ2v) is 11.7. The van der Waals surface area contributed by atoms with Crippen molar-refractivity contribution in [1.29, 1.82) is 0 Å². The van der Waals surface area contributed by atoms with Crippen LogP contribution < -0.4 is 0 Å². The highest BCUT2D eigenvalue weighted by molar-refractivity contribution is 7.15. The van der Waals surface area contributed by atoms with Gasteiger partial charge in [-0.25, -0.2) is 0 Å². The second kappa shape index (κ2) is 8.29. The van der Waals surface area contributed by atoms with Gasteiger partial charge in [0.25, 0.3) is 0 Å². The normalized spacial score (nSPS) is 13.5. The van der Waals surface area contributed by atoms with E-state index in [9.17, 15) is 0 Å². The van der Waals surface area contributed by atoms with Crippen LogP contribution in [0, 0.1) is 5.41 Å². The van der Waals surface area contributed by atoms with Gasteiger partial charge >= 0.3 is 0 Å². The molecule has 0 amide bonds. The molecule has 180 valence electrons. The summed E-state index contributed by atoms with van der Waals surface area (Å²) in [5.41, 5.74) is 4.00. The molecule has 0 aliphatic heterocycles. The van der Waals surface area contributed by atoms with Gasteiger partial charge in [-0.2, -0.15) is 0 Å². The number of furan rings is 1. The maximum absolute atomic E-state index is 8.66. The van der Waals surface area contributed by atoms with Crippen LogP contribution in [0.15, 0.2) is 102 Å². The van der Waals surface area contributed by atoms with E-state index in [1.807, 2.05) is 45.2 Å². The summed E-state index contributed by atoms with van der Waals surface area (Å²) in [4.78, 5) is 6.48. The van der Waals surface area contributed by atoms with Crippen molar-refractivity contribution in [3.8, 4) is 21.7 Å². The highest BCUT2D eigenvalue weighted by Gasteiger charge is 2.16. The maximum Gasteiger partial charge on any atom is 0.144 e. The molecule has 0 aliphatic rings. The number of nitrogens with zero attached hydrogens (tertiary/aromatic N) is 1. The van der Waals surface area contributed by atoms with Crippen molar-refractivity contribution in [2.45, 2.75) is 27.1 Å². The molecule has 0 atom stereocenters. The predicted molar refractivity (Wildman–Crippen MR) is 158 cm³/mol. The summed E-state index contributed by atoms with van der Waals surface area (Å²) in [6.07, 6.45) is 0.408. The van der Waals surface area contributed by atoms with Crippen LogP contribution in [0.4, 0.5) is 0 Å². The molecular weight excluding hydrogens is 470 g/mol. The lowest BCUT2D eigenvalue weighted by Crippen LogP contribution is -2.07. The summed E-state index contributed by atoms with van der Waals surface area (Å²) < 4.78 is 23.9. The molecule has 0 spiro atoms. The van der Waals surface area contributed by atoms with E-state index in [2.05, 4.69) is 72.8 Å². The van der Waals surface area contributed by atoms with Crippen molar-refractivity contribution in [1.82, 2.24) is 4.98 Å². The first-order valence-corrected chi connectivity index (χ1v) is 13.4. The Hall–Kier alpha value is -3.95. The van der Waals surface area contributed by atoms with Crippen molar-refractivity contribution in [3.63, 3.8) is 0 Å². The number of rotatable bonds is 3. The van der Waals surface area contributed by atoms with Crippen molar-refractivity contribution in [2.24, 2.45) is 5.41 Å². The maximum atomic E-state index is 8.66. The SMILES string of the molecule is [2H]C([2H])(c1ccc(-c2ccnc(-c3cccc4c3oc3cc5c(ccc6ccccc65)cc34)c2)s1)C(C)(C)C.